The van der Waals surface area contributed by atoms with Crippen LogP contribution in [-0.2, 0) is 9.59 Å². The molecule has 1 heterocycles. The van der Waals surface area contributed by atoms with Crippen molar-refractivity contribution in [1.82, 2.24) is 9.80 Å². The SMILES string of the molecule is CCN(CC)CCN1C(=O)C(=O)C(=C(O)c2cc(C)ccc2O)[C@@H]1c1ccc(OC)cc1. The number of likely N-dealkylation sites (tertiary alicyclic amines) is 1. The topological polar surface area (TPSA) is 90.3 Å². The van der Waals surface area contributed by atoms with Gasteiger partial charge in [0, 0.05) is 13.1 Å². The molecule has 7 heteroatoms. The average molecular weight is 439 g/mol. The Morgan fingerprint density at radius 2 is 1.75 bits per heavy atom. The zero-order valence-electron chi connectivity index (χ0n) is 19.0. The number of aliphatic hydroxyl groups is 1. The molecule has 1 aliphatic heterocycles. The van der Waals surface area contributed by atoms with E-state index in [1.807, 2.05) is 20.8 Å². The number of aromatic hydroxyl groups is 1. The van der Waals surface area contributed by atoms with Crippen molar-refractivity contribution in [3.8, 4) is 11.5 Å². The second-order valence-corrected chi connectivity index (χ2v) is 7.81. The fraction of sp³-hybridized carbons (Fsp3) is 0.360. The van der Waals surface area contributed by atoms with Crippen LogP contribution in [0.25, 0.3) is 5.76 Å². The number of aryl methyl sites for hydroxylation is 1. The molecule has 0 aliphatic carbocycles. The van der Waals surface area contributed by atoms with Crippen molar-refractivity contribution in [3.63, 3.8) is 0 Å². The first-order valence-electron chi connectivity index (χ1n) is 10.8. The summed E-state index contributed by atoms with van der Waals surface area (Å²) in [5.41, 5.74) is 1.59. The number of hydrogen-bond donors (Lipinski definition) is 2. The quantitative estimate of drug-likeness (QED) is 0.373. The predicted octanol–water partition coefficient (Wildman–Crippen LogP) is 3.47. The summed E-state index contributed by atoms with van der Waals surface area (Å²) in [5.74, 6) is -1.31. The first-order chi connectivity index (χ1) is 15.3. The number of benzene rings is 2. The maximum atomic E-state index is 13.1. The van der Waals surface area contributed by atoms with Gasteiger partial charge in [-0.05, 0) is 49.8 Å². The molecule has 170 valence electrons. The van der Waals surface area contributed by atoms with Gasteiger partial charge < -0.3 is 24.7 Å². The minimum Gasteiger partial charge on any atom is -0.507 e. The number of aliphatic hydroxyl groups excluding tert-OH is 1. The van der Waals surface area contributed by atoms with Crippen molar-refractivity contribution >= 4 is 17.4 Å². The van der Waals surface area contributed by atoms with Crippen molar-refractivity contribution in [3.05, 3.63) is 64.7 Å². The van der Waals surface area contributed by atoms with Crippen LogP contribution < -0.4 is 4.74 Å². The van der Waals surface area contributed by atoms with Gasteiger partial charge in [-0.1, -0.05) is 37.6 Å². The fourth-order valence-corrected chi connectivity index (χ4v) is 4.02. The third-order valence-corrected chi connectivity index (χ3v) is 5.93. The second-order valence-electron chi connectivity index (χ2n) is 7.81. The lowest BCUT2D eigenvalue weighted by Crippen LogP contribution is -2.38. The Morgan fingerprint density at radius 3 is 2.34 bits per heavy atom. The Labute approximate surface area is 188 Å². The number of carbonyl (C=O) groups excluding carboxylic acids is 2. The molecule has 1 fully saturated rings. The van der Waals surface area contributed by atoms with Crippen molar-refractivity contribution in [2.24, 2.45) is 0 Å². The number of methoxy groups -OCH3 is 1. The zero-order chi connectivity index (χ0) is 23.4. The summed E-state index contributed by atoms with van der Waals surface area (Å²) < 4.78 is 5.23. The molecule has 1 amide bonds. The predicted molar refractivity (Wildman–Crippen MR) is 123 cm³/mol. The average Bonchev–Trinajstić information content (AvgIpc) is 3.05. The summed E-state index contributed by atoms with van der Waals surface area (Å²) in [5, 5.41) is 21.4. The molecule has 1 saturated heterocycles. The van der Waals surface area contributed by atoms with E-state index in [9.17, 15) is 19.8 Å². The molecule has 2 aromatic carbocycles. The molecular weight excluding hydrogens is 408 g/mol. The summed E-state index contributed by atoms with van der Waals surface area (Å²) in [6.45, 7) is 8.48. The van der Waals surface area contributed by atoms with Gasteiger partial charge in [0.15, 0.2) is 0 Å². The Hall–Kier alpha value is -3.32. The van der Waals surface area contributed by atoms with E-state index in [0.29, 0.717) is 24.4 Å². The van der Waals surface area contributed by atoms with E-state index in [1.165, 1.54) is 11.0 Å². The Bertz CT molecular complexity index is 1030. The maximum Gasteiger partial charge on any atom is 0.295 e. The van der Waals surface area contributed by atoms with Crippen LogP contribution in [0.1, 0.15) is 36.6 Å². The normalized spacial score (nSPS) is 17.9. The number of ketones is 1. The third kappa shape index (κ3) is 4.48. The highest BCUT2D eigenvalue weighted by Gasteiger charge is 2.46. The molecule has 2 aromatic rings. The molecule has 1 aliphatic rings. The lowest BCUT2D eigenvalue weighted by molar-refractivity contribution is -0.140. The maximum absolute atomic E-state index is 13.1. The summed E-state index contributed by atoms with van der Waals surface area (Å²) >= 11 is 0. The van der Waals surface area contributed by atoms with Crippen LogP contribution >= 0.6 is 0 Å². The highest BCUT2D eigenvalue weighted by molar-refractivity contribution is 6.46. The van der Waals surface area contributed by atoms with Gasteiger partial charge in [0.1, 0.15) is 17.3 Å². The number of Topliss-reactive ketones (excluding diaryl/α,β-unsaturated/α-hetero) is 1. The monoisotopic (exact) mass is 438 g/mol. The molecule has 0 unspecified atom stereocenters. The number of carbonyl (C=O) groups is 2. The minimum absolute atomic E-state index is 0.0272. The van der Waals surface area contributed by atoms with Crippen LogP contribution in [0, 0.1) is 6.92 Å². The van der Waals surface area contributed by atoms with E-state index in [2.05, 4.69) is 4.90 Å². The van der Waals surface area contributed by atoms with E-state index < -0.39 is 17.7 Å². The Balaban J connectivity index is 2.13. The van der Waals surface area contributed by atoms with E-state index in [1.54, 1.807) is 43.5 Å². The van der Waals surface area contributed by atoms with Gasteiger partial charge >= 0.3 is 0 Å². The van der Waals surface area contributed by atoms with Crippen LogP contribution in [0.2, 0.25) is 0 Å². The Kier molecular flexibility index (Phi) is 7.20. The molecule has 0 radical (unpaired) electrons. The highest BCUT2D eigenvalue weighted by atomic mass is 16.5. The summed E-state index contributed by atoms with van der Waals surface area (Å²) in [4.78, 5) is 29.8. The summed E-state index contributed by atoms with van der Waals surface area (Å²) in [6, 6.07) is 11.1. The molecule has 0 spiro atoms. The van der Waals surface area contributed by atoms with E-state index in [4.69, 9.17) is 4.74 Å². The van der Waals surface area contributed by atoms with Crippen LogP contribution in [0.15, 0.2) is 48.0 Å². The number of ether oxygens (including phenoxy) is 1. The third-order valence-electron chi connectivity index (χ3n) is 5.93. The van der Waals surface area contributed by atoms with Gasteiger partial charge in [0.2, 0.25) is 0 Å². The first-order valence-corrected chi connectivity index (χ1v) is 10.8. The van der Waals surface area contributed by atoms with Crippen molar-refractivity contribution in [2.45, 2.75) is 26.8 Å². The van der Waals surface area contributed by atoms with Crippen LogP contribution in [0.3, 0.4) is 0 Å². The van der Waals surface area contributed by atoms with E-state index >= 15 is 0 Å². The number of phenolic OH excluding ortho intramolecular Hbond substituents is 1. The van der Waals surface area contributed by atoms with Gasteiger partial charge in [-0.3, -0.25) is 9.59 Å². The van der Waals surface area contributed by atoms with Crippen LogP contribution in [0.4, 0.5) is 0 Å². The molecular formula is C25H30N2O5. The van der Waals surface area contributed by atoms with Gasteiger partial charge in [0.05, 0.1) is 24.3 Å². The van der Waals surface area contributed by atoms with Crippen molar-refractivity contribution in [2.75, 3.05) is 33.3 Å². The lowest BCUT2D eigenvalue weighted by atomic mass is 9.94. The molecule has 3 rings (SSSR count). The molecule has 0 bridgehead atoms. The molecule has 0 aromatic heterocycles. The fourth-order valence-electron chi connectivity index (χ4n) is 4.02. The zero-order valence-corrected chi connectivity index (χ0v) is 19.0. The molecule has 7 nitrogen and oxygen atoms in total. The summed E-state index contributed by atoms with van der Waals surface area (Å²) in [6.07, 6.45) is 0. The highest BCUT2D eigenvalue weighted by Crippen LogP contribution is 2.41. The second kappa shape index (κ2) is 9.87. The molecule has 1 atom stereocenters. The van der Waals surface area contributed by atoms with Crippen LogP contribution in [0.5, 0.6) is 11.5 Å². The number of likely N-dealkylation sites (N-methyl/N-ethyl adjacent to an activating group) is 1. The van der Waals surface area contributed by atoms with Gasteiger partial charge in [-0.15, -0.1) is 0 Å². The first kappa shape index (κ1) is 23.3. The van der Waals surface area contributed by atoms with Crippen molar-refractivity contribution < 1.29 is 24.5 Å². The molecule has 32 heavy (non-hydrogen) atoms. The van der Waals surface area contributed by atoms with E-state index in [-0.39, 0.29) is 22.6 Å². The van der Waals surface area contributed by atoms with Gasteiger partial charge in [-0.2, -0.15) is 0 Å². The summed E-state index contributed by atoms with van der Waals surface area (Å²) in [7, 11) is 1.56. The number of hydrogen-bond acceptors (Lipinski definition) is 6. The minimum atomic E-state index is -0.767. The van der Waals surface area contributed by atoms with E-state index in [0.717, 1.165) is 18.7 Å². The number of rotatable bonds is 8. The van der Waals surface area contributed by atoms with Gasteiger partial charge in [-0.25, -0.2) is 0 Å². The number of phenols is 1. The van der Waals surface area contributed by atoms with Gasteiger partial charge in [0.25, 0.3) is 11.7 Å². The molecule has 2 N–H and O–H groups in total. The largest absolute Gasteiger partial charge is 0.507 e. The smallest absolute Gasteiger partial charge is 0.295 e. The lowest BCUT2D eigenvalue weighted by Gasteiger charge is -2.28. The Morgan fingerprint density at radius 1 is 1.09 bits per heavy atom. The van der Waals surface area contributed by atoms with Crippen molar-refractivity contribution in [1.29, 1.82) is 0 Å². The molecule has 0 saturated carbocycles. The standard InChI is InChI=1S/C25H30N2O5/c1-5-26(6-2)13-14-27-22(17-8-10-18(32-4)11-9-17)21(24(30)25(27)31)23(29)19-15-16(3)7-12-20(19)28/h7-12,15,22,28-29H,5-6,13-14H2,1-4H3/t22-/m0/s1. The number of amides is 1. The number of nitrogens with zero attached hydrogens (tertiary/aromatic N) is 2. The van der Waals surface area contributed by atoms with Crippen LogP contribution in [-0.4, -0.2) is 65.0 Å².